The standard InChI is InChI=1S/C18H20N2O4/c1-11(2)4-7-14-15(24-3)8-12(16(17(14)21)18(22)23)5-6-13-9-19-10-20-13/h4-6,8-9,21H,7,10H2,1-3H3,(H,22,23)/b6-5+. The number of aromatic carboxylic acids is 1. The van der Waals surface area contributed by atoms with Crippen molar-refractivity contribution in [2.24, 2.45) is 9.98 Å². The summed E-state index contributed by atoms with van der Waals surface area (Å²) < 4.78 is 5.33. The fourth-order valence-electron chi connectivity index (χ4n) is 2.32. The van der Waals surface area contributed by atoms with E-state index < -0.39 is 5.97 Å². The van der Waals surface area contributed by atoms with E-state index in [9.17, 15) is 15.0 Å². The molecule has 0 spiro atoms. The minimum Gasteiger partial charge on any atom is -0.507 e. The first kappa shape index (κ1) is 17.5. The second kappa shape index (κ2) is 7.59. The molecule has 0 atom stereocenters. The van der Waals surface area contributed by atoms with Gasteiger partial charge in [0.05, 0.1) is 12.8 Å². The highest BCUT2D eigenvalue weighted by Crippen LogP contribution is 2.36. The highest BCUT2D eigenvalue weighted by molar-refractivity contribution is 6.37. The maximum atomic E-state index is 11.6. The second-order valence-corrected chi connectivity index (χ2v) is 5.53. The van der Waals surface area contributed by atoms with Crippen molar-refractivity contribution < 1.29 is 19.7 Å². The predicted octanol–water partition coefficient (Wildman–Crippen LogP) is 3.10. The van der Waals surface area contributed by atoms with Gasteiger partial charge in [-0.05, 0) is 38.0 Å². The quantitative estimate of drug-likeness (QED) is 0.785. The van der Waals surface area contributed by atoms with Crippen molar-refractivity contribution in [3.63, 3.8) is 0 Å². The van der Waals surface area contributed by atoms with E-state index >= 15 is 0 Å². The summed E-state index contributed by atoms with van der Waals surface area (Å²) in [7, 11) is 1.49. The molecule has 1 aromatic rings. The van der Waals surface area contributed by atoms with Gasteiger partial charge in [-0.3, -0.25) is 9.98 Å². The van der Waals surface area contributed by atoms with Crippen LogP contribution in [0.2, 0.25) is 0 Å². The Kier molecular flexibility index (Phi) is 5.52. The fourth-order valence-corrected chi connectivity index (χ4v) is 2.32. The number of phenols is 1. The Morgan fingerprint density at radius 1 is 1.38 bits per heavy atom. The van der Waals surface area contributed by atoms with E-state index in [1.54, 1.807) is 24.4 Å². The number of carbonyl (C=O) groups is 1. The van der Waals surface area contributed by atoms with Gasteiger partial charge >= 0.3 is 5.97 Å². The molecule has 0 aliphatic carbocycles. The van der Waals surface area contributed by atoms with Gasteiger partial charge in [0.15, 0.2) is 0 Å². The zero-order valence-corrected chi connectivity index (χ0v) is 13.9. The molecule has 0 fully saturated rings. The lowest BCUT2D eigenvalue weighted by Gasteiger charge is -2.14. The number of carboxylic acids is 1. The van der Waals surface area contributed by atoms with Crippen molar-refractivity contribution in [1.82, 2.24) is 0 Å². The van der Waals surface area contributed by atoms with Crippen LogP contribution < -0.4 is 4.74 Å². The van der Waals surface area contributed by atoms with E-state index in [2.05, 4.69) is 9.98 Å². The smallest absolute Gasteiger partial charge is 0.340 e. The number of benzene rings is 1. The fraction of sp³-hybridized carbons (Fsp3) is 0.278. The van der Waals surface area contributed by atoms with E-state index in [1.165, 1.54) is 7.11 Å². The van der Waals surface area contributed by atoms with Crippen LogP contribution in [0.15, 0.2) is 33.8 Å². The number of aromatic hydroxyl groups is 1. The SMILES string of the molecule is COc1cc(/C=C/C2=NCN=C2)c(C(=O)O)c(O)c1CC=C(C)C. The number of hydrogen-bond donors (Lipinski definition) is 2. The number of allylic oxidation sites excluding steroid dienone is 3. The zero-order chi connectivity index (χ0) is 17.7. The minimum absolute atomic E-state index is 0.153. The first-order chi connectivity index (χ1) is 11.4. The highest BCUT2D eigenvalue weighted by atomic mass is 16.5. The van der Waals surface area contributed by atoms with E-state index in [-0.39, 0.29) is 11.3 Å². The summed E-state index contributed by atoms with van der Waals surface area (Å²) in [6.45, 7) is 4.24. The molecule has 1 aromatic carbocycles. The molecular weight excluding hydrogens is 308 g/mol. The lowest BCUT2D eigenvalue weighted by atomic mass is 9.97. The number of methoxy groups -OCH3 is 1. The largest absolute Gasteiger partial charge is 0.507 e. The van der Waals surface area contributed by atoms with Gasteiger partial charge in [0, 0.05) is 11.8 Å². The average molecular weight is 328 g/mol. The molecule has 126 valence electrons. The van der Waals surface area contributed by atoms with Crippen molar-refractivity contribution >= 4 is 24.0 Å². The van der Waals surface area contributed by atoms with Crippen LogP contribution in [0.25, 0.3) is 6.08 Å². The predicted molar refractivity (Wildman–Crippen MR) is 94.6 cm³/mol. The van der Waals surface area contributed by atoms with E-state index in [1.807, 2.05) is 19.9 Å². The molecule has 6 heteroatoms. The van der Waals surface area contributed by atoms with Crippen LogP contribution in [-0.4, -0.2) is 41.9 Å². The average Bonchev–Trinajstić information content (AvgIpc) is 3.03. The van der Waals surface area contributed by atoms with Crippen molar-refractivity contribution in [2.45, 2.75) is 20.3 Å². The topological polar surface area (TPSA) is 91.5 Å². The molecule has 1 heterocycles. The summed E-state index contributed by atoms with van der Waals surface area (Å²) >= 11 is 0. The van der Waals surface area contributed by atoms with Crippen molar-refractivity contribution in [2.75, 3.05) is 13.8 Å². The van der Waals surface area contributed by atoms with Crippen LogP contribution in [0.4, 0.5) is 0 Å². The van der Waals surface area contributed by atoms with Crippen molar-refractivity contribution in [1.29, 1.82) is 0 Å². The van der Waals surface area contributed by atoms with Crippen LogP contribution in [0.1, 0.15) is 35.3 Å². The molecule has 1 aliphatic heterocycles. The van der Waals surface area contributed by atoms with Crippen LogP contribution >= 0.6 is 0 Å². The molecule has 0 radical (unpaired) electrons. The Balaban J connectivity index is 2.54. The molecule has 0 bridgehead atoms. The summed E-state index contributed by atoms with van der Waals surface area (Å²) in [6, 6.07) is 1.61. The Morgan fingerprint density at radius 3 is 2.67 bits per heavy atom. The minimum atomic E-state index is -1.20. The third-order valence-corrected chi connectivity index (χ3v) is 3.54. The van der Waals surface area contributed by atoms with E-state index in [0.717, 1.165) is 5.57 Å². The number of carboxylic acid groups (broad SMARTS) is 1. The van der Waals surface area contributed by atoms with Crippen LogP contribution in [-0.2, 0) is 6.42 Å². The van der Waals surface area contributed by atoms with Gasteiger partial charge in [-0.1, -0.05) is 17.7 Å². The summed E-state index contributed by atoms with van der Waals surface area (Å²) in [5, 5.41) is 20.0. The Hall–Kier alpha value is -2.89. The maximum Gasteiger partial charge on any atom is 0.340 e. The number of rotatable bonds is 6. The molecule has 1 aliphatic rings. The third-order valence-electron chi connectivity index (χ3n) is 3.54. The number of ether oxygens (including phenoxy) is 1. The molecule has 2 rings (SSSR count). The Morgan fingerprint density at radius 2 is 2.12 bits per heavy atom. The lowest BCUT2D eigenvalue weighted by molar-refractivity contribution is 0.0693. The normalized spacial score (nSPS) is 13.2. The summed E-state index contributed by atoms with van der Waals surface area (Å²) in [6.07, 6.45) is 7.15. The molecule has 2 N–H and O–H groups in total. The monoisotopic (exact) mass is 328 g/mol. The first-order valence-electron chi connectivity index (χ1n) is 7.46. The Labute approximate surface area is 140 Å². The third kappa shape index (κ3) is 3.90. The summed E-state index contributed by atoms with van der Waals surface area (Å²) in [5.74, 6) is -1.03. The van der Waals surface area contributed by atoms with Crippen molar-refractivity contribution in [3.05, 3.63) is 40.5 Å². The first-order valence-corrected chi connectivity index (χ1v) is 7.46. The molecule has 0 unspecified atom stereocenters. The molecule has 0 amide bonds. The summed E-state index contributed by atoms with van der Waals surface area (Å²) in [4.78, 5) is 19.7. The van der Waals surface area contributed by atoms with Crippen LogP contribution in [0.3, 0.4) is 0 Å². The second-order valence-electron chi connectivity index (χ2n) is 5.53. The van der Waals surface area contributed by atoms with Gasteiger partial charge in [-0.15, -0.1) is 0 Å². The van der Waals surface area contributed by atoms with Gasteiger partial charge in [-0.25, -0.2) is 4.79 Å². The van der Waals surface area contributed by atoms with Crippen LogP contribution in [0, 0.1) is 0 Å². The molecule has 6 nitrogen and oxygen atoms in total. The van der Waals surface area contributed by atoms with Gasteiger partial charge < -0.3 is 14.9 Å². The lowest BCUT2D eigenvalue weighted by Crippen LogP contribution is -2.05. The van der Waals surface area contributed by atoms with Gasteiger partial charge in [0.1, 0.15) is 23.7 Å². The number of hydrogen-bond acceptors (Lipinski definition) is 5. The van der Waals surface area contributed by atoms with Gasteiger partial charge in [-0.2, -0.15) is 0 Å². The van der Waals surface area contributed by atoms with Gasteiger partial charge in [0.25, 0.3) is 0 Å². The number of nitrogens with zero attached hydrogens (tertiary/aromatic N) is 2. The molecule has 0 saturated carbocycles. The highest BCUT2D eigenvalue weighted by Gasteiger charge is 2.21. The van der Waals surface area contributed by atoms with E-state index in [0.29, 0.717) is 35.7 Å². The molecular formula is C18H20N2O4. The maximum absolute atomic E-state index is 11.6. The molecule has 0 saturated heterocycles. The molecule has 0 aromatic heterocycles. The molecule has 24 heavy (non-hydrogen) atoms. The summed E-state index contributed by atoms with van der Waals surface area (Å²) in [5.41, 5.74) is 2.36. The van der Waals surface area contributed by atoms with E-state index in [4.69, 9.17) is 4.74 Å². The van der Waals surface area contributed by atoms with Crippen LogP contribution in [0.5, 0.6) is 11.5 Å². The van der Waals surface area contributed by atoms with Crippen molar-refractivity contribution in [3.8, 4) is 11.5 Å². The number of aliphatic imine (C=N–C) groups is 2. The Bertz CT molecular complexity index is 770. The van der Waals surface area contributed by atoms with Gasteiger partial charge in [0.2, 0.25) is 0 Å². The zero-order valence-electron chi connectivity index (χ0n) is 13.9.